The lowest BCUT2D eigenvalue weighted by atomic mass is 9.76. The van der Waals surface area contributed by atoms with Crippen molar-refractivity contribution in [3.05, 3.63) is 53.3 Å². The summed E-state index contributed by atoms with van der Waals surface area (Å²) in [5.74, 6) is 0.0515. The number of benzene rings is 1. The largest absolute Gasteiger partial charge is 0.432 e. The van der Waals surface area contributed by atoms with Crippen molar-refractivity contribution in [2.24, 2.45) is 0 Å². The Morgan fingerprint density at radius 1 is 1.26 bits per heavy atom. The minimum atomic E-state index is -2.92. The molecule has 5 nitrogen and oxygen atoms in total. The highest BCUT2D eigenvalue weighted by Gasteiger charge is 2.43. The molecule has 1 fully saturated rings. The summed E-state index contributed by atoms with van der Waals surface area (Å²) in [5.41, 5.74) is 1.31. The maximum Gasteiger partial charge on any atom is 0.387 e. The lowest BCUT2D eigenvalue weighted by Crippen LogP contribution is -2.44. The summed E-state index contributed by atoms with van der Waals surface area (Å²) in [6.45, 7) is -0.333. The van der Waals surface area contributed by atoms with Crippen LogP contribution in [0.25, 0.3) is 11.0 Å². The molecule has 2 aromatic heterocycles. The predicted octanol–water partition coefficient (Wildman–Crippen LogP) is 5.00. The highest BCUT2D eigenvalue weighted by Crippen LogP contribution is 2.46. The van der Waals surface area contributed by atoms with Crippen molar-refractivity contribution in [2.45, 2.75) is 44.6 Å². The Morgan fingerprint density at radius 2 is 2.00 bits per heavy atom. The van der Waals surface area contributed by atoms with Crippen molar-refractivity contribution in [3.8, 4) is 5.75 Å². The quantitative estimate of drug-likeness (QED) is 0.591. The normalized spacial score (nSPS) is 22.2. The van der Waals surface area contributed by atoms with Gasteiger partial charge in [0, 0.05) is 12.2 Å². The maximum absolute atomic E-state index is 12.7. The van der Waals surface area contributed by atoms with Crippen molar-refractivity contribution in [3.63, 3.8) is 0 Å². The Hall–Kier alpha value is -2.25. The number of alkyl halides is 2. The van der Waals surface area contributed by atoms with Crippen LogP contribution in [0.15, 0.2) is 42.6 Å². The van der Waals surface area contributed by atoms with Gasteiger partial charge in [0.1, 0.15) is 0 Å². The van der Waals surface area contributed by atoms with Gasteiger partial charge in [0.15, 0.2) is 16.5 Å². The summed E-state index contributed by atoms with van der Waals surface area (Å²) in [4.78, 5) is 0. The number of halogens is 3. The summed E-state index contributed by atoms with van der Waals surface area (Å²) in [6.07, 6.45) is 3.02. The predicted molar refractivity (Wildman–Crippen MR) is 97.1 cm³/mol. The number of aromatic nitrogens is 3. The van der Waals surface area contributed by atoms with Crippen molar-refractivity contribution >= 4 is 22.6 Å². The first-order valence-corrected chi connectivity index (χ1v) is 8.98. The Bertz CT molecular complexity index is 943. The fraction of sp³-hybridized carbons (Fsp3) is 0.368. The molecule has 3 aromatic rings. The molecule has 0 bridgehead atoms. The summed E-state index contributed by atoms with van der Waals surface area (Å²) in [5, 5.41) is 8.46. The Kier molecular flexibility index (Phi) is 4.74. The van der Waals surface area contributed by atoms with Gasteiger partial charge >= 0.3 is 6.61 Å². The lowest BCUT2D eigenvalue weighted by Gasteiger charge is -2.45. The van der Waals surface area contributed by atoms with Gasteiger partial charge in [-0.2, -0.15) is 8.78 Å². The van der Waals surface area contributed by atoms with Gasteiger partial charge in [-0.3, -0.25) is 0 Å². The molecule has 1 aliphatic rings. The molecule has 0 N–H and O–H groups in total. The highest BCUT2D eigenvalue weighted by molar-refractivity contribution is 6.30. The SMILES string of the molecule is CC1(OCc2ccccc2)CC(n2cc(OC(F)F)c3cc(Cl)nnc32)C1. The van der Waals surface area contributed by atoms with Crippen LogP contribution in [0.2, 0.25) is 5.15 Å². The molecule has 0 saturated heterocycles. The van der Waals surface area contributed by atoms with Crippen LogP contribution >= 0.6 is 11.6 Å². The molecule has 0 amide bonds. The van der Waals surface area contributed by atoms with Gasteiger partial charge in [0.2, 0.25) is 0 Å². The minimum absolute atomic E-state index is 0.0515. The number of hydrogen-bond acceptors (Lipinski definition) is 4. The fourth-order valence-corrected chi connectivity index (χ4v) is 3.69. The van der Waals surface area contributed by atoms with Crippen LogP contribution in [-0.4, -0.2) is 27.0 Å². The first-order chi connectivity index (χ1) is 12.9. The van der Waals surface area contributed by atoms with Crippen LogP contribution in [0.5, 0.6) is 5.75 Å². The average Bonchev–Trinajstić information content (AvgIpc) is 2.95. The van der Waals surface area contributed by atoms with Gasteiger partial charge in [-0.05, 0) is 31.4 Å². The van der Waals surface area contributed by atoms with E-state index in [1.807, 2.05) is 34.9 Å². The molecule has 0 radical (unpaired) electrons. The first kappa shape index (κ1) is 18.1. The molecular weight excluding hydrogens is 376 g/mol. The molecular formula is C19H18ClF2N3O2. The number of rotatable bonds is 6. The maximum atomic E-state index is 12.7. The average molecular weight is 394 g/mol. The summed E-state index contributed by atoms with van der Waals surface area (Å²) in [6, 6.07) is 11.5. The molecule has 0 unspecified atom stereocenters. The van der Waals surface area contributed by atoms with Crippen LogP contribution in [0.1, 0.15) is 31.4 Å². The van der Waals surface area contributed by atoms with Crippen molar-refractivity contribution in [1.29, 1.82) is 0 Å². The van der Waals surface area contributed by atoms with Gasteiger partial charge in [0.25, 0.3) is 0 Å². The van der Waals surface area contributed by atoms with Crippen LogP contribution in [0.3, 0.4) is 0 Å². The number of fused-ring (bicyclic) bond motifs is 1. The molecule has 1 aliphatic carbocycles. The monoisotopic (exact) mass is 393 g/mol. The van der Waals surface area contributed by atoms with Gasteiger partial charge in [-0.15, -0.1) is 10.2 Å². The molecule has 1 aromatic carbocycles. The molecule has 142 valence electrons. The zero-order valence-electron chi connectivity index (χ0n) is 14.6. The summed E-state index contributed by atoms with van der Waals surface area (Å²) >= 11 is 5.86. The van der Waals surface area contributed by atoms with Gasteiger partial charge in [-0.1, -0.05) is 41.9 Å². The zero-order chi connectivity index (χ0) is 19.0. The standard InChI is InChI=1S/C19H18ClF2N3O2/c1-19(26-11-12-5-3-2-4-6-12)8-13(9-19)25-10-15(27-18(21)22)14-7-16(20)23-24-17(14)25/h2-7,10,13,18H,8-9,11H2,1H3. The highest BCUT2D eigenvalue weighted by atomic mass is 35.5. The summed E-state index contributed by atoms with van der Waals surface area (Å²) < 4.78 is 38.0. The topological polar surface area (TPSA) is 49.2 Å². The molecule has 2 heterocycles. The Labute approximate surface area is 159 Å². The van der Waals surface area contributed by atoms with Crippen molar-refractivity contribution in [1.82, 2.24) is 14.8 Å². The third kappa shape index (κ3) is 3.75. The van der Waals surface area contributed by atoms with Gasteiger partial charge < -0.3 is 14.0 Å². The second-order valence-corrected chi connectivity index (χ2v) is 7.36. The van der Waals surface area contributed by atoms with Crippen LogP contribution in [0, 0.1) is 0 Å². The smallest absolute Gasteiger partial charge is 0.387 e. The summed E-state index contributed by atoms with van der Waals surface area (Å²) in [7, 11) is 0. The van der Waals surface area contributed by atoms with E-state index in [2.05, 4.69) is 21.9 Å². The number of hydrogen-bond donors (Lipinski definition) is 0. The molecule has 1 saturated carbocycles. The number of ether oxygens (including phenoxy) is 2. The van der Waals surface area contributed by atoms with E-state index in [0.29, 0.717) is 17.6 Å². The van der Waals surface area contributed by atoms with E-state index in [-0.39, 0.29) is 22.5 Å². The van der Waals surface area contributed by atoms with E-state index >= 15 is 0 Å². The van der Waals surface area contributed by atoms with Gasteiger partial charge in [0.05, 0.1) is 17.6 Å². The third-order valence-electron chi connectivity index (χ3n) is 4.89. The Balaban J connectivity index is 1.51. The van der Waals surface area contributed by atoms with Crippen LogP contribution in [-0.2, 0) is 11.3 Å². The van der Waals surface area contributed by atoms with E-state index in [1.54, 1.807) is 6.20 Å². The number of nitrogens with zero attached hydrogens (tertiary/aromatic N) is 3. The third-order valence-corrected chi connectivity index (χ3v) is 5.07. The first-order valence-electron chi connectivity index (χ1n) is 8.60. The zero-order valence-corrected chi connectivity index (χ0v) is 15.4. The molecule has 0 aliphatic heterocycles. The van der Waals surface area contributed by atoms with E-state index in [9.17, 15) is 8.78 Å². The fourth-order valence-electron chi connectivity index (χ4n) is 3.54. The van der Waals surface area contributed by atoms with E-state index in [0.717, 1.165) is 18.4 Å². The van der Waals surface area contributed by atoms with Crippen molar-refractivity contribution in [2.75, 3.05) is 0 Å². The molecule has 4 rings (SSSR count). The molecule has 0 atom stereocenters. The lowest BCUT2D eigenvalue weighted by molar-refractivity contribution is -0.119. The molecule has 0 spiro atoms. The Morgan fingerprint density at radius 3 is 2.70 bits per heavy atom. The van der Waals surface area contributed by atoms with E-state index in [4.69, 9.17) is 16.3 Å². The van der Waals surface area contributed by atoms with E-state index < -0.39 is 6.61 Å². The van der Waals surface area contributed by atoms with Crippen LogP contribution in [0.4, 0.5) is 8.78 Å². The van der Waals surface area contributed by atoms with Crippen molar-refractivity contribution < 1.29 is 18.3 Å². The van der Waals surface area contributed by atoms with Crippen LogP contribution < -0.4 is 4.74 Å². The van der Waals surface area contributed by atoms with E-state index in [1.165, 1.54) is 6.07 Å². The second kappa shape index (κ2) is 7.05. The molecule has 27 heavy (non-hydrogen) atoms. The van der Waals surface area contributed by atoms with Gasteiger partial charge in [-0.25, -0.2) is 0 Å². The second-order valence-electron chi connectivity index (χ2n) is 6.97. The minimum Gasteiger partial charge on any atom is -0.432 e. The molecule has 8 heteroatoms.